The minimum atomic E-state index is -0.551. The fourth-order valence-electron chi connectivity index (χ4n) is 1.41. The van der Waals surface area contributed by atoms with Gasteiger partial charge in [0.05, 0.1) is 6.61 Å². The molecule has 96 valence electrons. The van der Waals surface area contributed by atoms with Crippen molar-refractivity contribution in [1.29, 1.82) is 0 Å². The van der Waals surface area contributed by atoms with Gasteiger partial charge in [0.1, 0.15) is 11.6 Å². The van der Waals surface area contributed by atoms with E-state index >= 15 is 0 Å². The topological polar surface area (TPSA) is 21.3 Å². The Morgan fingerprint density at radius 3 is 2.47 bits per heavy atom. The summed E-state index contributed by atoms with van der Waals surface area (Å²) in [6, 6.07) is 4.27. The third-order valence-corrected chi connectivity index (χ3v) is 2.33. The van der Waals surface area contributed by atoms with Crippen LogP contribution in [-0.4, -0.2) is 19.2 Å². The first-order chi connectivity index (χ1) is 8.11. The minimum absolute atomic E-state index is 0.00400. The van der Waals surface area contributed by atoms with Gasteiger partial charge in [-0.2, -0.15) is 0 Å². The fourth-order valence-corrected chi connectivity index (χ4v) is 1.41. The molecule has 17 heavy (non-hydrogen) atoms. The van der Waals surface area contributed by atoms with Gasteiger partial charge in [-0.3, -0.25) is 0 Å². The number of hydrogen-bond donors (Lipinski definition) is 1. The van der Waals surface area contributed by atoms with Gasteiger partial charge in [-0.25, -0.2) is 8.78 Å². The summed E-state index contributed by atoms with van der Waals surface area (Å²) in [4.78, 5) is 0. The maximum atomic E-state index is 13.2. The standard InChI is InChI=1S/C13H19F2NO/c1-10(2)16-7-4-8-17-9-11-12(14)5-3-6-13(11)15/h3,5-6,10,16H,4,7-9H2,1-2H3. The van der Waals surface area contributed by atoms with E-state index in [0.29, 0.717) is 12.6 Å². The first-order valence-corrected chi connectivity index (χ1v) is 5.85. The number of rotatable bonds is 7. The highest BCUT2D eigenvalue weighted by atomic mass is 19.1. The van der Waals surface area contributed by atoms with Crippen molar-refractivity contribution in [1.82, 2.24) is 5.32 Å². The molecule has 0 fully saturated rings. The summed E-state index contributed by atoms with van der Waals surface area (Å²) in [6.07, 6.45) is 0.828. The van der Waals surface area contributed by atoms with Crippen molar-refractivity contribution >= 4 is 0 Å². The van der Waals surface area contributed by atoms with Gasteiger partial charge in [0, 0.05) is 18.2 Å². The van der Waals surface area contributed by atoms with Crippen molar-refractivity contribution in [3.63, 3.8) is 0 Å². The van der Waals surface area contributed by atoms with E-state index in [9.17, 15) is 8.78 Å². The first-order valence-electron chi connectivity index (χ1n) is 5.85. The predicted octanol–water partition coefficient (Wildman–Crippen LogP) is 2.87. The quantitative estimate of drug-likeness (QED) is 0.743. The molecule has 0 aliphatic heterocycles. The summed E-state index contributed by atoms with van der Waals surface area (Å²) in [5, 5.41) is 3.24. The van der Waals surface area contributed by atoms with Crippen molar-refractivity contribution in [2.45, 2.75) is 32.9 Å². The lowest BCUT2D eigenvalue weighted by Gasteiger charge is -2.09. The molecule has 0 bridgehead atoms. The molecule has 0 aliphatic rings. The molecular formula is C13H19F2NO. The first kappa shape index (κ1) is 14.1. The fraction of sp³-hybridized carbons (Fsp3) is 0.538. The maximum Gasteiger partial charge on any atom is 0.131 e. The molecule has 0 radical (unpaired) electrons. The Morgan fingerprint density at radius 2 is 1.88 bits per heavy atom. The van der Waals surface area contributed by atoms with Crippen LogP contribution in [0.4, 0.5) is 8.78 Å². The third kappa shape index (κ3) is 5.24. The Bertz CT molecular complexity index is 322. The van der Waals surface area contributed by atoms with Gasteiger partial charge < -0.3 is 10.1 Å². The summed E-state index contributed by atoms with van der Waals surface area (Å²) in [5.41, 5.74) is 0.00400. The Hall–Kier alpha value is -1.00. The van der Waals surface area contributed by atoms with Gasteiger partial charge >= 0.3 is 0 Å². The van der Waals surface area contributed by atoms with Crippen LogP contribution in [-0.2, 0) is 11.3 Å². The van der Waals surface area contributed by atoms with Crippen LogP contribution < -0.4 is 5.32 Å². The summed E-state index contributed by atoms with van der Waals surface area (Å²) in [7, 11) is 0. The van der Waals surface area contributed by atoms with Crippen LogP contribution in [0.15, 0.2) is 18.2 Å². The Kier molecular flexibility index (Phi) is 6.08. The summed E-state index contributed by atoms with van der Waals surface area (Å²) >= 11 is 0. The van der Waals surface area contributed by atoms with Gasteiger partial charge in [-0.05, 0) is 25.1 Å². The molecule has 0 atom stereocenters. The summed E-state index contributed by atoms with van der Waals surface area (Å²) in [5.74, 6) is -1.10. The summed E-state index contributed by atoms with van der Waals surface area (Å²) in [6.45, 7) is 5.45. The van der Waals surface area contributed by atoms with Crippen molar-refractivity contribution in [2.75, 3.05) is 13.2 Å². The Morgan fingerprint density at radius 1 is 1.24 bits per heavy atom. The molecule has 0 saturated carbocycles. The van der Waals surface area contributed by atoms with E-state index in [4.69, 9.17) is 4.74 Å². The Labute approximate surface area is 101 Å². The average molecular weight is 243 g/mol. The molecule has 4 heteroatoms. The van der Waals surface area contributed by atoms with Crippen LogP contribution in [0.25, 0.3) is 0 Å². The van der Waals surface area contributed by atoms with E-state index < -0.39 is 11.6 Å². The highest BCUT2D eigenvalue weighted by Gasteiger charge is 2.07. The van der Waals surface area contributed by atoms with E-state index in [-0.39, 0.29) is 12.2 Å². The lowest BCUT2D eigenvalue weighted by molar-refractivity contribution is 0.113. The van der Waals surface area contributed by atoms with Crippen LogP contribution >= 0.6 is 0 Å². The van der Waals surface area contributed by atoms with E-state index in [1.54, 1.807) is 0 Å². The average Bonchev–Trinajstić information content (AvgIpc) is 2.26. The van der Waals surface area contributed by atoms with E-state index in [0.717, 1.165) is 13.0 Å². The lowest BCUT2D eigenvalue weighted by atomic mass is 10.2. The van der Waals surface area contributed by atoms with Gasteiger partial charge in [0.25, 0.3) is 0 Å². The minimum Gasteiger partial charge on any atom is -0.376 e. The van der Waals surface area contributed by atoms with Crippen LogP contribution in [0, 0.1) is 11.6 Å². The van der Waals surface area contributed by atoms with Gasteiger partial charge in [-0.15, -0.1) is 0 Å². The molecule has 1 rings (SSSR count). The molecule has 1 aromatic rings. The zero-order valence-electron chi connectivity index (χ0n) is 10.3. The predicted molar refractivity (Wildman–Crippen MR) is 63.8 cm³/mol. The van der Waals surface area contributed by atoms with Crippen LogP contribution in [0.2, 0.25) is 0 Å². The lowest BCUT2D eigenvalue weighted by Crippen LogP contribution is -2.24. The molecule has 1 N–H and O–H groups in total. The molecule has 0 spiro atoms. The van der Waals surface area contributed by atoms with Crippen molar-refractivity contribution < 1.29 is 13.5 Å². The van der Waals surface area contributed by atoms with Gasteiger partial charge in [-0.1, -0.05) is 19.9 Å². The smallest absolute Gasteiger partial charge is 0.131 e. The number of ether oxygens (including phenoxy) is 1. The zero-order valence-corrected chi connectivity index (χ0v) is 10.3. The number of halogens is 2. The highest BCUT2D eigenvalue weighted by molar-refractivity contribution is 5.18. The molecular weight excluding hydrogens is 224 g/mol. The summed E-state index contributed by atoms with van der Waals surface area (Å²) < 4.78 is 31.6. The third-order valence-electron chi connectivity index (χ3n) is 2.33. The normalized spacial score (nSPS) is 11.1. The monoisotopic (exact) mass is 243 g/mol. The van der Waals surface area contributed by atoms with Crippen molar-refractivity contribution in [2.24, 2.45) is 0 Å². The van der Waals surface area contributed by atoms with Crippen LogP contribution in [0.3, 0.4) is 0 Å². The molecule has 1 aromatic carbocycles. The molecule has 0 saturated heterocycles. The second kappa shape index (κ2) is 7.35. The highest BCUT2D eigenvalue weighted by Crippen LogP contribution is 2.12. The second-order valence-electron chi connectivity index (χ2n) is 4.22. The van der Waals surface area contributed by atoms with E-state index in [1.165, 1.54) is 18.2 Å². The van der Waals surface area contributed by atoms with Gasteiger partial charge in [0.2, 0.25) is 0 Å². The van der Waals surface area contributed by atoms with Crippen LogP contribution in [0.5, 0.6) is 0 Å². The number of nitrogens with one attached hydrogen (secondary N) is 1. The van der Waals surface area contributed by atoms with Gasteiger partial charge in [0.15, 0.2) is 0 Å². The van der Waals surface area contributed by atoms with E-state index in [2.05, 4.69) is 19.2 Å². The molecule has 0 aliphatic carbocycles. The number of hydrogen-bond acceptors (Lipinski definition) is 2. The molecule has 0 heterocycles. The zero-order chi connectivity index (χ0) is 12.7. The Balaban J connectivity index is 2.22. The molecule has 0 unspecified atom stereocenters. The van der Waals surface area contributed by atoms with E-state index in [1.807, 2.05) is 0 Å². The maximum absolute atomic E-state index is 13.2. The largest absolute Gasteiger partial charge is 0.376 e. The second-order valence-corrected chi connectivity index (χ2v) is 4.22. The van der Waals surface area contributed by atoms with Crippen LogP contribution in [0.1, 0.15) is 25.8 Å². The van der Waals surface area contributed by atoms with Crippen molar-refractivity contribution in [3.05, 3.63) is 35.4 Å². The molecule has 2 nitrogen and oxygen atoms in total. The molecule has 0 aromatic heterocycles. The number of benzene rings is 1. The molecule has 0 amide bonds. The van der Waals surface area contributed by atoms with Crippen molar-refractivity contribution in [3.8, 4) is 0 Å². The SMILES string of the molecule is CC(C)NCCCOCc1c(F)cccc1F.